The van der Waals surface area contributed by atoms with Crippen molar-refractivity contribution in [3.63, 3.8) is 0 Å². The smallest absolute Gasteiger partial charge is 0.242 e. The molecule has 1 aliphatic rings. The summed E-state index contributed by atoms with van der Waals surface area (Å²) in [5.41, 5.74) is 5.27. The molecule has 0 aromatic heterocycles. The monoisotopic (exact) mass is 255 g/mol. The van der Waals surface area contributed by atoms with Crippen molar-refractivity contribution < 1.29 is 9.59 Å². The van der Waals surface area contributed by atoms with Crippen LogP contribution in [0.4, 0.5) is 0 Å². The van der Waals surface area contributed by atoms with Crippen molar-refractivity contribution in [3.8, 4) is 0 Å². The van der Waals surface area contributed by atoms with Gasteiger partial charge in [0.05, 0.1) is 5.41 Å². The number of likely N-dealkylation sites (N-methyl/N-ethyl adjacent to an activating group) is 1. The van der Waals surface area contributed by atoms with Crippen LogP contribution in [0.5, 0.6) is 0 Å². The first-order valence-corrected chi connectivity index (χ1v) is 6.68. The maximum Gasteiger partial charge on any atom is 0.242 e. The van der Waals surface area contributed by atoms with Crippen LogP contribution in [0.25, 0.3) is 0 Å². The number of carbonyl (C=O) groups is 2. The van der Waals surface area contributed by atoms with Crippen LogP contribution in [0.3, 0.4) is 0 Å². The predicted octanol–water partition coefficient (Wildman–Crippen LogP) is 0.392. The van der Waals surface area contributed by atoms with Gasteiger partial charge in [-0.25, -0.2) is 0 Å². The summed E-state index contributed by atoms with van der Waals surface area (Å²) in [6.45, 7) is 4.43. The third kappa shape index (κ3) is 3.22. The van der Waals surface area contributed by atoms with Gasteiger partial charge in [-0.15, -0.1) is 0 Å². The predicted molar refractivity (Wildman–Crippen MR) is 70.8 cm³/mol. The van der Waals surface area contributed by atoms with Gasteiger partial charge in [-0.1, -0.05) is 20.3 Å². The Bertz CT molecular complexity index is 306. The van der Waals surface area contributed by atoms with E-state index in [1.165, 1.54) is 0 Å². The lowest BCUT2D eigenvalue weighted by Gasteiger charge is -2.40. The molecule has 5 nitrogen and oxygen atoms in total. The molecule has 1 saturated carbocycles. The van der Waals surface area contributed by atoms with Gasteiger partial charge < -0.3 is 16.4 Å². The van der Waals surface area contributed by atoms with Gasteiger partial charge in [-0.05, 0) is 25.2 Å². The molecule has 0 spiro atoms. The number of hydrogen-bond donors (Lipinski definition) is 3. The minimum absolute atomic E-state index is 0.0644. The number of nitrogens with one attached hydrogen (secondary N) is 2. The van der Waals surface area contributed by atoms with Crippen molar-refractivity contribution in [3.05, 3.63) is 0 Å². The summed E-state index contributed by atoms with van der Waals surface area (Å²) in [5.74, 6) is 0.150. The van der Waals surface area contributed by atoms with Gasteiger partial charge in [0.15, 0.2) is 0 Å². The molecule has 0 radical (unpaired) electrons. The lowest BCUT2D eigenvalue weighted by Crippen LogP contribution is -2.56. The highest BCUT2D eigenvalue weighted by molar-refractivity contribution is 5.90. The van der Waals surface area contributed by atoms with Crippen molar-refractivity contribution in [2.24, 2.45) is 17.1 Å². The molecule has 104 valence electrons. The minimum Gasteiger partial charge on any atom is -0.357 e. The second-order valence-electron chi connectivity index (χ2n) is 5.61. The molecular formula is C13H25N3O2. The van der Waals surface area contributed by atoms with Crippen LogP contribution in [0.1, 0.15) is 39.5 Å². The molecule has 2 amide bonds. The summed E-state index contributed by atoms with van der Waals surface area (Å²) in [5, 5.41) is 5.46. The van der Waals surface area contributed by atoms with Crippen LogP contribution < -0.4 is 16.4 Å². The van der Waals surface area contributed by atoms with Gasteiger partial charge in [-0.3, -0.25) is 9.59 Å². The number of carbonyl (C=O) groups excluding carboxylic acids is 2. The molecule has 18 heavy (non-hydrogen) atoms. The highest BCUT2D eigenvalue weighted by atomic mass is 16.2. The number of nitrogens with two attached hydrogens (primary N) is 1. The van der Waals surface area contributed by atoms with Crippen LogP contribution in [-0.4, -0.2) is 31.4 Å². The number of rotatable bonds is 6. The van der Waals surface area contributed by atoms with Gasteiger partial charge in [0.2, 0.25) is 11.8 Å². The highest BCUT2D eigenvalue weighted by Gasteiger charge is 2.43. The zero-order chi connectivity index (χ0) is 13.8. The van der Waals surface area contributed by atoms with Gasteiger partial charge in [0, 0.05) is 13.6 Å². The molecule has 0 aliphatic heterocycles. The summed E-state index contributed by atoms with van der Waals surface area (Å²) < 4.78 is 0. The molecule has 1 fully saturated rings. The fourth-order valence-corrected chi connectivity index (χ4v) is 2.32. The second-order valence-corrected chi connectivity index (χ2v) is 5.61. The molecule has 0 heterocycles. The van der Waals surface area contributed by atoms with Crippen LogP contribution in [-0.2, 0) is 9.59 Å². The summed E-state index contributed by atoms with van der Waals surface area (Å²) in [4.78, 5) is 24.0. The second kappa shape index (κ2) is 6.18. The third-order valence-corrected chi connectivity index (χ3v) is 3.76. The summed E-state index contributed by atoms with van der Waals surface area (Å²) in [7, 11) is 1.59. The summed E-state index contributed by atoms with van der Waals surface area (Å²) in [6.07, 6.45) is 3.35. The van der Waals surface area contributed by atoms with E-state index in [2.05, 4.69) is 10.6 Å². The van der Waals surface area contributed by atoms with Crippen LogP contribution in [0, 0.1) is 11.3 Å². The SMILES string of the molecule is CNC(=O)C(CC(C)C)NC(=O)C1(CN)CCC1. The Labute approximate surface area is 109 Å². The summed E-state index contributed by atoms with van der Waals surface area (Å²) >= 11 is 0. The van der Waals surface area contributed by atoms with Crippen LogP contribution >= 0.6 is 0 Å². The molecule has 0 saturated heterocycles. The first-order chi connectivity index (χ1) is 8.45. The molecule has 0 aromatic rings. The fraction of sp³-hybridized carbons (Fsp3) is 0.846. The van der Waals surface area contributed by atoms with E-state index in [-0.39, 0.29) is 11.8 Å². The molecule has 1 aliphatic carbocycles. The Morgan fingerprint density at radius 2 is 1.94 bits per heavy atom. The first-order valence-electron chi connectivity index (χ1n) is 6.68. The molecule has 1 atom stereocenters. The van der Waals surface area contributed by atoms with E-state index in [9.17, 15) is 9.59 Å². The van der Waals surface area contributed by atoms with E-state index < -0.39 is 11.5 Å². The van der Waals surface area contributed by atoms with Crippen LogP contribution in [0.15, 0.2) is 0 Å². The summed E-state index contributed by atoms with van der Waals surface area (Å²) in [6, 6.07) is -0.452. The number of amides is 2. The highest BCUT2D eigenvalue weighted by Crippen LogP contribution is 2.40. The minimum atomic E-state index is -0.452. The topological polar surface area (TPSA) is 84.2 Å². The normalized spacial score (nSPS) is 18.9. The molecular weight excluding hydrogens is 230 g/mol. The van der Waals surface area contributed by atoms with E-state index >= 15 is 0 Å². The Kier molecular flexibility index (Phi) is 5.14. The van der Waals surface area contributed by atoms with Gasteiger partial charge in [0.25, 0.3) is 0 Å². The maximum absolute atomic E-state index is 12.2. The van der Waals surface area contributed by atoms with E-state index in [0.717, 1.165) is 19.3 Å². The average molecular weight is 255 g/mol. The Morgan fingerprint density at radius 1 is 1.33 bits per heavy atom. The standard InChI is InChI=1S/C13H25N3O2/c1-9(2)7-10(11(17)15-3)16-12(18)13(8-14)5-4-6-13/h9-10H,4-8,14H2,1-3H3,(H,15,17)(H,16,18). The van der Waals surface area contributed by atoms with Crippen molar-refractivity contribution >= 4 is 11.8 Å². The Morgan fingerprint density at radius 3 is 2.28 bits per heavy atom. The number of hydrogen-bond acceptors (Lipinski definition) is 3. The van der Waals surface area contributed by atoms with E-state index in [1.807, 2.05) is 13.8 Å². The van der Waals surface area contributed by atoms with Crippen molar-refractivity contribution in [1.29, 1.82) is 0 Å². The fourth-order valence-electron chi connectivity index (χ4n) is 2.32. The van der Waals surface area contributed by atoms with Gasteiger partial charge in [-0.2, -0.15) is 0 Å². The van der Waals surface area contributed by atoms with Gasteiger partial charge in [0.1, 0.15) is 6.04 Å². The molecule has 1 rings (SSSR count). The average Bonchev–Trinajstić information content (AvgIpc) is 2.25. The quantitative estimate of drug-likeness (QED) is 0.642. The lowest BCUT2D eigenvalue weighted by atomic mass is 9.68. The Hall–Kier alpha value is -1.10. The van der Waals surface area contributed by atoms with Crippen molar-refractivity contribution in [2.75, 3.05) is 13.6 Å². The third-order valence-electron chi connectivity index (χ3n) is 3.76. The zero-order valence-corrected chi connectivity index (χ0v) is 11.6. The molecule has 5 heteroatoms. The zero-order valence-electron chi connectivity index (χ0n) is 11.6. The maximum atomic E-state index is 12.2. The Balaban J connectivity index is 2.65. The first kappa shape index (κ1) is 15.0. The van der Waals surface area contributed by atoms with Crippen molar-refractivity contribution in [2.45, 2.75) is 45.6 Å². The molecule has 0 aromatic carbocycles. The van der Waals surface area contributed by atoms with E-state index in [0.29, 0.717) is 18.9 Å². The lowest BCUT2D eigenvalue weighted by molar-refractivity contribution is -0.138. The largest absolute Gasteiger partial charge is 0.357 e. The molecule has 1 unspecified atom stereocenters. The molecule has 4 N–H and O–H groups in total. The van der Waals surface area contributed by atoms with Gasteiger partial charge >= 0.3 is 0 Å². The van der Waals surface area contributed by atoms with E-state index in [1.54, 1.807) is 7.05 Å². The molecule has 0 bridgehead atoms. The van der Waals surface area contributed by atoms with Crippen LogP contribution in [0.2, 0.25) is 0 Å². The van der Waals surface area contributed by atoms with E-state index in [4.69, 9.17) is 5.73 Å². The van der Waals surface area contributed by atoms with Crippen molar-refractivity contribution in [1.82, 2.24) is 10.6 Å².